The van der Waals surface area contributed by atoms with Crippen LogP contribution in [-0.2, 0) is 4.79 Å². The number of amides is 1. The summed E-state index contributed by atoms with van der Waals surface area (Å²) in [6.45, 7) is 5.51. The van der Waals surface area contributed by atoms with Crippen molar-refractivity contribution in [2.24, 2.45) is 5.73 Å². The van der Waals surface area contributed by atoms with Crippen LogP contribution in [0.2, 0.25) is 0 Å². The highest BCUT2D eigenvalue weighted by Crippen LogP contribution is 2.29. The minimum absolute atomic E-state index is 0.275. The van der Waals surface area contributed by atoms with Gasteiger partial charge < -0.3 is 5.73 Å². The summed E-state index contributed by atoms with van der Waals surface area (Å²) in [6.07, 6.45) is 1.89. The molecule has 2 N–H and O–H groups in total. The van der Waals surface area contributed by atoms with Crippen LogP contribution >= 0.6 is 11.8 Å². The molecule has 0 saturated heterocycles. The molecule has 16 heavy (non-hydrogen) atoms. The van der Waals surface area contributed by atoms with Crippen LogP contribution in [0.15, 0.2) is 23.6 Å². The lowest BCUT2D eigenvalue weighted by Crippen LogP contribution is -2.13. The van der Waals surface area contributed by atoms with Gasteiger partial charge in [0, 0.05) is 10.5 Å². The summed E-state index contributed by atoms with van der Waals surface area (Å²) in [5, 5.41) is 8.94. The van der Waals surface area contributed by atoms with Gasteiger partial charge in [-0.3, -0.25) is 4.79 Å². The first-order valence-electron chi connectivity index (χ1n) is 4.59. The van der Waals surface area contributed by atoms with Crippen molar-refractivity contribution in [2.75, 3.05) is 6.26 Å². The van der Waals surface area contributed by atoms with E-state index < -0.39 is 5.91 Å². The van der Waals surface area contributed by atoms with Gasteiger partial charge in [0.1, 0.15) is 6.07 Å². The fourth-order valence-corrected chi connectivity index (χ4v) is 2.25. The van der Waals surface area contributed by atoms with Crippen molar-refractivity contribution < 1.29 is 4.79 Å². The molecule has 0 fully saturated rings. The van der Waals surface area contributed by atoms with Gasteiger partial charge in [0.25, 0.3) is 0 Å². The summed E-state index contributed by atoms with van der Waals surface area (Å²) in [5.74, 6) is -0.542. The lowest BCUT2D eigenvalue weighted by atomic mass is 9.99. The second kappa shape index (κ2) is 4.86. The zero-order valence-electron chi connectivity index (χ0n) is 9.20. The van der Waals surface area contributed by atoms with Crippen molar-refractivity contribution >= 4 is 23.2 Å². The summed E-state index contributed by atoms with van der Waals surface area (Å²) in [5.41, 5.74) is 7.64. The van der Waals surface area contributed by atoms with Crippen LogP contribution in [0.5, 0.6) is 0 Å². The first-order chi connectivity index (χ1) is 7.52. The number of rotatable bonds is 3. The fourth-order valence-electron chi connectivity index (χ4n) is 1.50. The van der Waals surface area contributed by atoms with Gasteiger partial charge in [0.2, 0.25) is 5.91 Å². The molecule has 82 valence electrons. The van der Waals surface area contributed by atoms with Gasteiger partial charge in [-0.05, 0) is 30.4 Å². The molecule has 0 aromatic heterocycles. The van der Waals surface area contributed by atoms with E-state index in [2.05, 4.69) is 12.6 Å². The summed E-state index contributed by atoms with van der Waals surface area (Å²) < 4.78 is 0. The number of carbonyl (C=O) groups excluding carboxylic acids is 1. The molecule has 0 spiro atoms. The minimum Gasteiger partial charge on any atom is -0.366 e. The summed E-state index contributed by atoms with van der Waals surface area (Å²) in [4.78, 5) is 11.9. The van der Waals surface area contributed by atoms with Crippen molar-refractivity contribution in [2.45, 2.75) is 11.8 Å². The summed E-state index contributed by atoms with van der Waals surface area (Å²) >= 11 is 1.47. The second-order valence-electron chi connectivity index (χ2n) is 3.27. The number of thioether (sulfide) groups is 1. The highest BCUT2D eigenvalue weighted by atomic mass is 32.2. The number of hydrogen-bond acceptors (Lipinski definition) is 3. The molecule has 0 aliphatic rings. The summed E-state index contributed by atoms with van der Waals surface area (Å²) in [6, 6.07) is 5.51. The standard InChI is InChI=1S/C12H12N2OS/c1-7-10(8(2)12(14)15)5-4-9(6-13)11(7)16-3/h4-5H,2H2,1,3H3,(H2,14,15). The average molecular weight is 232 g/mol. The van der Waals surface area contributed by atoms with E-state index >= 15 is 0 Å². The molecule has 0 atom stereocenters. The third-order valence-corrected chi connectivity index (χ3v) is 3.29. The Balaban J connectivity index is 3.42. The van der Waals surface area contributed by atoms with Crippen molar-refractivity contribution in [1.29, 1.82) is 5.26 Å². The zero-order valence-corrected chi connectivity index (χ0v) is 10.0. The van der Waals surface area contributed by atoms with E-state index in [-0.39, 0.29) is 5.57 Å². The molecule has 1 aromatic rings. The molecule has 0 aliphatic heterocycles. The first kappa shape index (κ1) is 12.3. The third kappa shape index (κ3) is 2.10. The van der Waals surface area contributed by atoms with E-state index in [9.17, 15) is 4.79 Å². The predicted molar refractivity (Wildman–Crippen MR) is 65.9 cm³/mol. The number of carbonyl (C=O) groups is 1. The first-order valence-corrected chi connectivity index (χ1v) is 5.82. The van der Waals surface area contributed by atoms with Crippen LogP contribution in [-0.4, -0.2) is 12.2 Å². The SMILES string of the molecule is C=C(C(N)=O)c1ccc(C#N)c(SC)c1C. The summed E-state index contributed by atoms with van der Waals surface area (Å²) in [7, 11) is 0. The molecule has 1 amide bonds. The number of nitriles is 1. The van der Waals surface area contributed by atoms with Crippen molar-refractivity contribution in [3.63, 3.8) is 0 Å². The van der Waals surface area contributed by atoms with E-state index in [1.54, 1.807) is 12.1 Å². The van der Waals surface area contributed by atoms with E-state index in [1.807, 2.05) is 13.2 Å². The molecule has 0 saturated carbocycles. The number of nitrogens with zero attached hydrogens (tertiary/aromatic N) is 1. The Bertz CT molecular complexity index is 500. The Morgan fingerprint density at radius 3 is 2.62 bits per heavy atom. The average Bonchev–Trinajstić information content (AvgIpc) is 2.27. The Hall–Kier alpha value is -1.73. The molecule has 1 aromatic carbocycles. The lowest BCUT2D eigenvalue weighted by molar-refractivity contribution is -0.112. The maximum Gasteiger partial charge on any atom is 0.248 e. The zero-order chi connectivity index (χ0) is 12.3. The Morgan fingerprint density at radius 2 is 2.19 bits per heavy atom. The van der Waals surface area contributed by atoms with Gasteiger partial charge in [-0.1, -0.05) is 12.6 Å². The number of benzene rings is 1. The number of nitrogens with two attached hydrogens (primary N) is 1. The molecule has 4 heteroatoms. The van der Waals surface area contributed by atoms with E-state index in [1.165, 1.54) is 11.8 Å². The molecule has 0 radical (unpaired) electrons. The van der Waals surface area contributed by atoms with Crippen LogP contribution in [0.1, 0.15) is 16.7 Å². The van der Waals surface area contributed by atoms with Crippen LogP contribution in [0.3, 0.4) is 0 Å². The molecule has 0 unspecified atom stereocenters. The lowest BCUT2D eigenvalue weighted by Gasteiger charge is -2.11. The molecule has 0 aliphatic carbocycles. The largest absolute Gasteiger partial charge is 0.366 e. The highest BCUT2D eigenvalue weighted by molar-refractivity contribution is 7.98. The monoisotopic (exact) mass is 232 g/mol. The molecular formula is C12H12N2OS. The predicted octanol–water partition coefficient (Wildman–Crippen LogP) is 2.09. The second-order valence-corrected chi connectivity index (χ2v) is 4.09. The van der Waals surface area contributed by atoms with Crippen LogP contribution < -0.4 is 5.73 Å². The van der Waals surface area contributed by atoms with E-state index in [0.717, 1.165) is 10.5 Å². The number of hydrogen-bond donors (Lipinski definition) is 1. The Morgan fingerprint density at radius 1 is 1.56 bits per heavy atom. The molecule has 1 rings (SSSR count). The van der Waals surface area contributed by atoms with Gasteiger partial charge in [-0.25, -0.2) is 0 Å². The van der Waals surface area contributed by atoms with Crippen molar-refractivity contribution in [3.05, 3.63) is 35.4 Å². The van der Waals surface area contributed by atoms with Crippen LogP contribution in [0, 0.1) is 18.3 Å². The Labute approximate surface area is 98.9 Å². The van der Waals surface area contributed by atoms with Gasteiger partial charge in [0.15, 0.2) is 0 Å². The quantitative estimate of drug-likeness (QED) is 0.641. The maximum atomic E-state index is 11.1. The highest BCUT2D eigenvalue weighted by Gasteiger charge is 2.13. The fraction of sp³-hybridized carbons (Fsp3) is 0.167. The third-order valence-electron chi connectivity index (χ3n) is 2.35. The van der Waals surface area contributed by atoms with Gasteiger partial charge in [-0.2, -0.15) is 5.26 Å². The number of primary amides is 1. The van der Waals surface area contributed by atoms with Crippen molar-refractivity contribution in [3.8, 4) is 6.07 Å². The molecular weight excluding hydrogens is 220 g/mol. The van der Waals surface area contributed by atoms with E-state index in [0.29, 0.717) is 11.1 Å². The normalized spacial score (nSPS) is 9.56. The molecule has 0 bridgehead atoms. The van der Waals surface area contributed by atoms with Gasteiger partial charge >= 0.3 is 0 Å². The van der Waals surface area contributed by atoms with Crippen LogP contribution in [0.4, 0.5) is 0 Å². The minimum atomic E-state index is -0.542. The van der Waals surface area contributed by atoms with Crippen LogP contribution in [0.25, 0.3) is 5.57 Å². The molecule has 0 heterocycles. The smallest absolute Gasteiger partial charge is 0.248 e. The topological polar surface area (TPSA) is 66.9 Å². The van der Waals surface area contributed by atoms with Gasteiger partial charge in [-0.15, -0.1) is 11.8 Å². The van der Waals surface area contributed by atoms with E-state index in [4.69, 9.17) is 11.0 Å². The molecule has 3 nitrogen and oxygen atoms in total. The maximum absolute atomic E-state index is 11.1. The van der Waals surface area contributed by atoms with Crippen molar-refractivity contribution in [1.82, 2.24) is 0 Å². The Kier molecular flexibility index (Phi) is 3.75. The van der Waals surface area contributed by atoms with Gasteiger partial charge in [0.05, 0.1) is 5.56 Å².